The number of rotatable bonds is 4. The summed E-state index contributed by atoms with van der Waals surface area (Å²) < 4.78 is 14.6. The molecule has 1 N–H and O–H groups in total. The molecule has 1 aromatic heterocycles. The van der Waals surface area contributed by atoms with Gasteiger partial charge in [0.05, 0.1) is 19.9 Å². The molecular formula is C13H13N3O2S. The Morgan fingerprint density at radius 1 is 1.26 bits per heavy atom. The number of benzene rings is 1. The standard InChI is InChI=1S/C13H13N3O2S/c1-8-10(7-14)13(19-16-8)15-9-4-5-11(17-2)12(6-9)18-3/h4-6,15H,1-3H3. The van der Waals surface area contributed by atoms with Crippen LogP contribution in [0.2, 0.25) is 0 Å². The predicted octanol–water partition coefficient (Wildman–Crippen LogP) is 3.08. The molecule has 98 valence electrons. The van der Waals surface area contributed by atoms with Crippen molar-refractivity contribution < 1.29 is 9.47 Å². The first-order chi connectivity index (χ1) is 9.19. The van der Waals surface area contributed by atoms with Gasteiger partial charge in [-0.2, -0.15) is 9.64 Å². The van der Waals surface area contributed by atoms with Gasteiger partial charge < -0.3 is 14.8 Å². The average molecular weight is 275 g/mol. The second kappa shape index (κ2) is 5.59. The van der Waals surface area contributed by atoms with Crippen molar-refractivity contribution in [3.05, 3.63) is 29.5 Å². The normalized spacial score (nSPS) is 9.79. The van der Waals surface area contributed by atoms with Gasteiger partial charge in [-0.3, -0.25) is 0 Å². The Hall–Kier alpha value is -2.26. The van der Waals surface area contributed by atoms with Crippen molar-refractivity contribution >= 4 is 22.2 Å². The summed E-state index contributed by atoms with van der Waals surface area (Å²) in [7, 11) is 3.17. The first kappa shape index (κ1) is 13.2. The molecule has 0 spiro atoms. The molecule has 0 aliphatic heterocycles. The molecule has 5 nitrogen and oxygen atoms in total. The van der Waals surface area contributed by atoms with E-state index >= 15 is 0 Å². The van der Waals surface area contributed by atoms with Gasteiger partial charge in [-0.05, 0) is 30.6 Å². The Balaban J connectivity index is 2.31. The number of ether oxygens (including phenoxy) is 2. The van der Waals surface area contributed by atoms with Crippen LogP contribution in [0.25, 0.3) is 0 Å². The Morgan fingerprint density at radius 2 is 2.00 bits per heavy atom. The van der Waals surface area contributed by atoms with E-state index in [2.05, 4.69) is 15.8 Å². The van der Waals surface area contributed by atoms with Crippen LogP contribution < -0.4 is 14.8 Å². The smallest absolute Gasteiger partial charge is 0.162 e. The summed E-state index contributed by atoms with van der Waals surface area (Å²) in [5.74, 6) is 1.29. The van der Waals surface area contributed by atoms with Gasteiger partial charge in [0.2, 0.25) is 0 Å². The molecule has 0 bridgehead atoms. The van der Waals surface area contributed by atoms with E-state index in [1.54, 1.807) is 20.3 Å². The monoisotopic (exact) mass is 275 g/mol. The summed E-state index contributed by atoms with van der Waals surface area (Å²) in [6.07, 6.45) is 0. The summed E-state index contributed by atoms with van der Waals surface area (Å²) in [6.45, 7) is 1.81. The predicted molar refractivity (Wildman–Crippen MR) is 74.4 cm³/mol. The van der Waals surface area contributed by atoms with E-state index in [-0.39, 0.29) is 0 Å². The van der Waals surface area contributed by atoms with Gasteiger partial charge in [-0.25, -0.2) is 0 Å². The molecule has 2 aromatic rings. The molecule has 0 fully saturated rings. The van der Waals surface area contributed by atoms with Crippen molar-refractivity contribution in [3.63, 3.8) is 0 Å². The summed E-state index contributed by atoms with van der Waals surface area (Å²) in [5.41, 5.74) is 2.12. The van der Waals surface area contributed by atoms with Gasteiger partial charge in [-0.15, -0.1) is 0 Å². The lowest BCUT2D eigenvalue weighted by molar-refractivity contribution is 0.355. The largest absolute Gasteiger partial charge is 0.493 e. The summed E-state index contributed by atoms with van der Waals surface area (Å²) in [4.78, 5) is 0. The van der Waals surface area contributed by atoms with Crippen molar-refractivity contribution in [2.75, 3.05) is 19.5 Å². The van der Waals surface area contributed by atoms with Crippen LogP contribution >= 0.6 is 11.5 Å². The molecular weight excluding hydrogens is 262 g/mol. The van der Waals surface area contributed by atoms with Crippen LogP contribution in [-0.2, 0) is 0 Å². The fraction of sp³-hybridized carbons (Fsp3) is 0.231. The van der Waals surface area contributed by atoms with Crippen LogP contribution in [-0.4, -0.2) is 18.6 Å². The second-order valence-electron chi connectivity index (χ2n) is 3.78. The maximum Gasteiger partial charge on any atom is 0.162 e. The molecule has 0 aliphatic carbocycles. The summed E-state index contributed by atoms with van der Waals surface area (Å²) in [5, 5.41) is 13.0. The topological polar surface area (TPSA) is 67.2 Å². The number of hydrogen-bond acceptors (Lipinski definition) is 6. The van der Waals surface area contributed by atoms with Gasteiger partial charge in [0, 0.05) is 11.8 Å². The van der Waals surface area contributed by atoms with E-state index < -0.39 is 0 Å². The molecule has 0 atom stereocenters. The Morgan fingerprint density at radius 3 is 2.63 bits per heavy atom. The van der Waals surface area contributed by atoms with Crippen LogP contribution in [0.15, 0.2) is 18.2 Å². The lowest BCUT2D eigenvalue weighted by atomic mass is 10.2. The van der Waals surface area contributed by atoms with Gasteiger partial charge in [0.15, 0.2) is 11.5 Å². The summed E-state index contributed by atoms with van der Waals surface area (Å²) in [6, 6.07) is 7.62. The van der Waals surface area contributed by atoms with Gasteiger partial charge >= 0.3 is 0 Å². The summed E-state index contributed by atoms with van der Waals surface area (Å²) >= 11 is 1.26. The highest BCUT2D eigenvalue weighted by atomic mass is 32.1. The Labute approximate surface area is 115 Å². The highest BCUT2D eigenvalue weighted by Crippen LogP contribution is 2.33. The van der Waals surface area contributed by atoms with Crippen molar-refractivity contribution in [2.45, 2.75) is 6.92 Å². The highest BCUT2D eigenvalue weighted by molar-refractivity contribution is 7.10. The minimum absolute atomic E-state index is 0.569. The first-order valence-corrected chi connectivity index (χ1v) is 6.32. The number of nitrogens with one attached hydrogen (secondary N) is 1. The number of nitriles is 1. The van der Waals surface area contributed by atoms with Crippen molar-refractivity contribution in [1.29, 1.82) is 5.26 Å². The Kier molecular flexibility index (Phi) is 3.88. The fourth-order valence-electron chi connectivity index (χ4n) is 1.63. The molecule has 1 heterocycles. The Bertz CT molecular complexity index is 631. The van der Waals surface area contributed by atoms with Crippen LogP contribution in [0.4, 0.5) is 10.7 Å². The lowest BCUT2D eigenvalue weighted by Crippen LogP contribution is -1.94. The number of aryl methyl sites for hydroxylation is 1. The number of nitrogens with zero attached hydrogens (tertiary/aromatic N) is 2. The molecule has 1 aromatic carbocycles. The minimum atomic E-state index is 0.569. The molecule has 6 heteroatoms. The highest BCUT2D eigenvalue weighted by Gasteiger charge is 2.11. The van der Waals surface area contributed by atoms with E-state index in [0.29, 0.717) is 17.1 Å². The van der Waals surface area contributed by atoms with Gasteiger partial charge in [0.1, 0.15) is 16.6 Å². The van der Waals surface area contributed by atoms with E-state index in [0.717, 1.165) is 16.4 Å². The fourth-order valence-corrected chi connectivity index (χ4v) is 2.40. The van der Waals surface area contributed by atoms with Crippen LogP contribution in [0, 0.1) is 18.3 Å². The molecule has 2 rings (SSSR count). The van der Waals surface area contributed by atoms with Gasteiger partial charge in [-0.1, -0.05) is 0 Å². The molecule has 0 saturated carbocycles. The van der Waals surface area contributed by atoms with E-state index in [9.17, 15) is 0 Å². The molecule has 0 aliphatic rings. The first-order valence-electron chi connectivity index (χ1n) is 5.55. The lowest BCUT2D eigenvalue weighted by Gasteiger charge is -2.10. The van der Waals surface area contributed by atoms with Gasteiger partial charge in [0.25, 0.3) is 0 Å². The number of methoxy groups -OCH3 is 2. The van der Waals surface area contributed by atoms with Crippen LogP contribution in [0.3, 0.4) is 0 Å². The molecule has 0 radical (unpaired) electrons. The quantitative estimate of drug-likeness (QED) is 0.928. The number of hydrogen-bond donors (Lipinski definition) is 1. The third-order valence-electron chi connectivity index (χ3n) is 2.62. The van der Waals surface area contributed by atoms with Crippen molar-refractivity contribution in [2.24, 2.45) is 0 Å². The zero-order chi connectivity index (χ0) is 13.8. The SMILES string of the molecule is COc1ccc(Nc2snc(C)c2C#N)cc1OC. The van der Waals surface area contributed by atoms with E-state index in [4.69, 9.17) is 14.7 Å². The number of aromatic nitrogens is 1. The molecule has 19 heavy (non-hydrogen) atoms. The second-order valence-corrected chi connectivity index (χ2v) is 4.55. The zero-order valence-electron chi connectivity index (χ0n) is 10.9. The maximum atomic E-state index is 9.08. The third-order valence-corrected chi connectivity index (χ3v) is 3.47. The maximum absolute atomic E-state index is 9.08. The molecule has 0 unspecified atom stereocenters. The average Bonchev–Trinajstić information content (AvgIpc) is 2.78. The molecule has 0 saturated heterocycles. The van der Waals surface area contributed by atoms with Crippen LogP contribution in [0.1, 0.15) is 11.3 Å². The number of anilines is 2. The van der Waals surface area contributed by atoms with Crippen molar-refractivity contribution in [1.82, 2.24) is 4.37 Å². The van der Waals surface area contributed by atoms with E-state index in [1.165, 1.54) is 11.5 Å². The van der Waals surface area contributed by atoms with Crippen LogP contribution in [0.5, 0.6) is 11.5 Å². The van der Waals surface area contributed by atoms with Crippen molar-refractivity contribution in [3.8, 4) is 17.6 Å². The molecule has 0 amide bonds. The van der Waals surface area contributed by atoms with E-state index in [1.807, 2.05) is 19.1 Å². The third kappa shape index (κ3) is 2.61. The minimum Gasteiger partial charge on any atom is -0.493 e. The zero-order valence-corrected chi connectivity index (χ0v) is 11.7.